The van der Waals surface area contributed by atoms with Crippen LogP contribution in [0.4, 0.5) is 0 Å². The number of hydrogen-bond acceptors (Lipinski definition) is 2. The summed E-state index contributed by atoms with van der Waals surface area (Å²) >= 11 is 0. The highest BCUT2D eigenvalue weighted by atomic mass is 127. The quantitative estimate of drug-likeness (QED) is 0.472. The number of aromatic nitrogens is 1. The first-order chi connectivity index (χ1) is 8.67. The fourth-order valence-electron chi connectivity index (χ4n) is 1.49. The molecule has 1 aromatic rings. The summed E-state index contributed by atoms with van der Waals surface area (Å²) in [4.78, 5) is 8.91. The zero-order valence-corrected chi connectivity index (χ0v) is 14.6. The molecule has 0 radical (unpaired) electrons. The summed E-state index contributed by atoms with van der Waals surface area (Å²) in [6.45, 7) is 9.91. The van der Waals surface area contributed by atoms with Gasteiger partial charge in [0, 0.05) is 18.8 Å². The summed E-state index contributed by atoms with van der Waals surface area (Å²) in [7, 11) is 0. The second-order valence-electron chi connectivity index (χ2n) is 4.42. The molecule has 1 aromatic heterocycles. The van der Waals surface area contributed by atoms with E-state index in [2.05, 4.69) is 54.4 Å². The fraction of sp³-hybridized carbons (Fsp3) is 0.571. The van der Waals surface area contributed by atoms with Crippen molar-refractivity contribution in [3.63, 3.8) is 0 Å². The smallest absolute Gasteiger partial charge is 0.191 e. The monoisotopic (exact) mass is 376 g/mol. The minimum Gasteiger partial charge on any atom is -0.357 e. The third kappa shape index (κ3) is 6.75. The zero-order chi connectivity index (χ0) is 13.4. The summed E-state index contributed by atoms with van der Waals surface area (Å²) in [5.74, 6) is 0.858. The van der Waals surface area contributed by atoms with Gasteiger partial charge in [-0.05, 0) is 38.8 Å². The molecule has 5 heteroatoms. The molecule has 1 atom stereocenters. The van der Waals surface area contributed by atoms with Gasteiger partial charge in [0.25, 0.3) is 0 Å². The van der Waals surface area contributed by atoms with Crippen LogP contribution in [0.2, 0.25) is 0 Å². The van der Waals surface area contributed by atoms with E-state index in [4.69, 9.17) is 0 Å². The topological polar surface area (TPSA) is 49.3 Å². The first-order valence-corrected chi connectivity index (χ1v) is 6.62. The van der Waals surface area contributed by atoms with Gasteiger partial charge in [-0.2, -0.15) is 0 Å². The second-order valence-corrected chi connectivity index (χ2v) is 4.42. The van der Waals surface area contributed by atoms with Gasteiger partial charge in [-0.15, -0.1) is 24.0 Å². The van der Waals surface area contributed by atoms with Crippen molar-refractivity contribution in [2.24, 2.45) is 4.99 Å². The molecule has 0 aliphatic heterocycles. The Morgan fingerprint density at radius 1 is 1.42 bits per heavy atom. The lowest BCUT2D eigenvalue weighted by Crippen LogP contribution is -2.41. The molecule has 1 heterocycles. The van der Waals surface area contributed by atoms with E-state index in [1.165, 1.54) is 5.56 Å². The second kappa shape index (κ2) is 10.00. The standard InChI is InChI=1S/C14H24N4.HI/c1-5-12(4)18-14(15-6-2)17-10-13-11(3)8-7-9-16-13;/h7-9,12H,5-6,10H2,1-4H3,(H2,15,17,18);1H. The van der Waals surface area contributed by atoms with Crippen LogP contribution in [0.15, 0.2) is 23.3 Å². The van der Waals surface area contributed by atoms with Gasteiger partial charge in [0.15, 0.2) is 5.96 Å². The van der Waals surface area contributed by atoms with Crippen LogP contribution >= 0.6 is 24.0 Å². The average molecular weight is 376 g/mol. The van der Waals surface area contributed by atoms with Crippen molar-refractivity contribution in [2.45, 2.75) is 46.7 Å². The Morgan fingerprint density at radius 2 is 2.16 bits per heavy atom. The van der Waals surface area contributed by atoms with E-state index in [0.717, 1.165) is 24.6 Å². The van der Waals surface area contributed by atoms with Gasteiger partial charge in [-0.1, -0.05) is 13.0 Å². The third-order valence-corrected chi connectivity index (χ3v) is 2.84. The van der Waals surface area contributed by atoms with E-state index in [0.29, 0.717) is 12.6 Å². The number of nitrogens with one attached hydrogen (secondary N) is 2. The van der Waals surface area contributed by atoms with Crippen molar-refractivity contribution in [1.29, 1.82) is 0 Å². The molecular weight excluding hydrogens is 351 g/mol. The molecular formula is C14H25IN4. The van der Waals surface area contributed by atoms with Crippen LogP contribution in [0, 0.1) is 6.92 Å². The molecule has 0 amide bonds. The highest BCUT2D eigenvalue weighted by molar-refractivity contribution is 14.0. The lowest BCUT2D eigenvalue weighted by molar-refractivity contribution is 0.624. The van der Waals surface area contributed by atoms with Crippen molar-refractivity contribution in [2.75, 3.05) is 6.54 Å². The van der Waals surface area contributed by atoms with Gasteiger partial charge < -0.3 is 10.6 Å². The first-order valence-electron chi connectivity index (χ1n) is 6.62. The zero-order valence-electron chi connectivity index (χ0n) is 12.2. The molecule has 0 spiro atoms. The predicted octanol–water partition coefficient (Wildman–Crippen LogP) is 2.86. The molecule has 0 aliphatic rings. The third-order valence-electron chi connectivity index (χ3n) is 2.84. The molecule has 0 fully saturated rings. The van der Waals surface area contributed by atoms with Crippen molar-refractivity contribution in [3.8, 4) is 0 Å². The van der Waals surface area contributed by atoms with Crippen LogP contribution in [-0.4, -0.2) is 23.5 Å². The number of rotatable bonds is 5. The maximum Gasteiger partial charge on any atom is 0.191 e. The Kier molecular flexibility index (Phi) is 9.55. The molecule has 0 saturated carbocycles. The highest BCUT2D eigenvalue weighted by Crippen LogP contribution is 2.04. The van der Waals surface area contributed by atoms with Crippen molar-refractivity contribution in [1.82, 2.24) is 15.6 Å². The van der Waals surface area contributed by atoms with E-state index in [-0.39, 0.29) is 24.0 Å². The minimum absolute atomic E-state index is 0. The molecule has 19 heavy (non-hydrogen) atoms. The molecule has 0 bridgehead atoms. The lowest BCUT2D eigenvalue weighted by atomic mass is 10.2. The largest absolute Gasteiger partial charge is 0.357 e. The molecule has 1 rings (SSSR count). The van der Waals surface area contributed by atoms with Gasteiger partial charge in [0.2, 0.25) is 0 Å². The molecule has 2 N–H and O–H groups in total. The Morgan fingerprint density at radius 3 is 2.74 bits per heavy atom. The summed E-state index contributed by atoms with van der Waals surface area (Å²) < 4.78 is 0. The van der Waals surface area contributed by atoms with Gasteiger partial charge in [-0.25, -0.2) is 4.99 Å². The number of aliphatic imine (C=N–C) groups is 1. The van der Waals surface area contributed by atoms with E-state index < -0.39 is 0 Å². The van der Waals surface area contributed by atoms with Crippen LogP contribution in [0.5, 0.6) is 0 Å². The van der Waals surface area contributed by atoms with Gasteiger partial charge in [-0.3, -0.25) is 4.98 Å². The van der Waals surface area contributed by atoms with Gasteiger partial charge >= 0.3 is 0 Å². The molecule has 0 aromatic carbocycles. The van der Waals surface area contributed by atoms with Gasteiger partial charge in [0.05, 0.1) is 12.2 Å². The summed E-state index contributed by atoms with van der Waals surface area (Å²) in [5, 5.41) is 6.62. The Balaban J connectivity index is 0.00000324. The van der Waals surface area contributed by atoms with E-state index in [9.17, 15) is 0 Å². The average Bonchev–Trinajstić information content (AvgIpc) is 2.37. The SMILES string of the molecule is CCNC(=NCc1ncccc1C)NC(C)CC.I. The molecule has 4 nitrogen and oxygen atoms in total. The fourth-order valence-corrected chi connectivity index (χ4v) is 1.49. The number of hydrogen-bond donors (Lipinski definition) is 2. The number of guanidine groups is 1. The van der Waals surface area contributed by atoms with Gasteiger partial charge in [0.1, 0.15) is 0 Å². The van der Waals surface area contributed by atoms with Crippen LogP contribution in [0.3, 0.4) is 0 Å². The number of pyridine rings is 1. The molecule has 0 aliphatic carbocycles. The van der Waals surface area contributed by atoms with E-state index in [1.54, 1.807) is 0 Å². The van der Waals surface area contributed by atoms with Crippen LogP contribution < -0.4 is 10.6 Å². The minimum atomic E-state index is 0. The van der Waals surface area contributed by atoms with Crippen molar-refractivity contribution < 1.29 is 0 Å². The molecule has 1 unspecified atom stereocenters. The first kappa shape index (κ1) is 18.1. The Hall–Kier alpha value is -0.850. The number of aryl methyl sites for hydroxylation is 1. The molecule has 0 saturated heterocycles. The normalized spacial score (nSPS) is 12.5. The predicted molar refractivity (Wildman–Crippen MR) is 92.1 cm³/mol. The Bertz CT molecular complexity index is 393. The summed E-state index contributed by atoms with van der Waals surface area (Å²) in [6.07, 6.45) is 2.89. The molecule has 108 valence electrons. The maximum atomic E-state index is 4.56. The van der Waals surface area contributed by atoms with E-state index >= 15 is 0 Å². The van der Waals surface area contributed by atoms with Crippen molar-refractivity contribution >= 4 is 29.9 Å². The highest BCUT2D eigenvalue weighted by Gasteiger charge is 2.03. The Labute approximate surface area is 133 Å². The van der Waals surface area contributed by atoms with Crippen molar-refractivity contribution in [3.05, 3.63) is 29.6 Å². The summed E-state index contributed by atoms with van der Waals surface area (Å²) in [5.41, 5.74) is 2.21. The number of halogens is 1. The maximum absolute atomic E-state index is 4.56. The van der Waals surface area contributed by atoms with Crippen LogP contribution in [0.25, 0.3) is 0 Å². The van der Waals surface area contributed by atoms with Crippen LogP contribution in [0.1, 0.15) is 38.4 Å². The van der Waals surface area contributed by atoms with E-state index in [1.807, 2.05) is 12.3 Å². The van der Waals surface area contributed by atoms with Crippen LogP contribution in [-0.2, 0) is 6.54 Å². The lowest BCUT2D eigenvalue weighted by Gasteiger charge is -2.16. The summed E-state index contributed by atoms with van der Waals surface area (Å²) in [6, 6.07) is 4.44. The number of nitrogens with zero attached hydrogens (tertiary/aromatic N) is 2.